The molecule has 0 heterocycles. The van der Waals surface area contributed by atoms with E-state index >= 15 is 0 Å². The van der Waals surface area contributed by atoms with Crippen LogP contribution in [0, 0.1) is 5.82 Å². The molecule has 0 bridgehead atoms. The Bertz CT molecular complexity index is 592. The van der Waals surface area contributed by atoms with Crippen molar-refractivity contribution in [2.45, 2.75) is 6.42 Å². The Morgan fingerprint density at radius 1 is 1.26 bits per heavy atom. The minimum Gasteiger partial charge on any atom is -0.452 e. The van der Waals surface area contributed by atoms with Crippen LogP contribution < -0.4 is 10.5 Å². The summed E-state index contributed by atoms with van der Waals surface area (Å²) in [6.07, 6.45) is 0.617. The second-order valence-electron chi connectivity index (χ2n) is 3.94. The third-order valence-corrected chi connectivity index (χ3v) is 3.36. The minimum absolute atomic E-state index is 0.126. The molecule has 0 saturated heterocycles. The summed E-state index contributed by atoms with van der Waals surface area (Å²) in [6.45, 7) is 0.470. The van der Waals surface area contributed by atoms with Crippen LogP contribution in [0.2, 0.25) is 5.02 Å². The smallest absolute Gasteiger partial charge is 0.165 e. The number of hydrogen-bond acceptors (Lipinski definition) is 2. The number of hydrogen-bond donors (Lipinski definition) is 1. The zero-order valence-electron chi connectivity index (χ0n) is 10.00. The highest BCUT2D eigenvalue weighted by atomic mass is 79.9. The van der Waals surface area contributed by atoms with Gasteiger partial charge in [0.2, 0.25) is 0 Å². The molecule has 0 aliphatic heterocycles. The number of nitrogens with two attached hydrogens (primary N) is 1. The standard InChI is InChI=1S/C14H12BrClFNO/c15-10-4-5-12(17)13(8-10)19-14-9(6-7-18)2-1-3-11(14)16/h1-5,8H,6-7,18H2. The summed E-state index contributed by atoms with van der Waals surface area (Å²) >= 11 is 9.38. The van der Waals surface area contributed by atoms with Gasteiger partial charge in [0.1, 0.15) is 5.75 Å². The van der Waals surface area contributed by atoms with Gasteiger partial charge in [-0.2, -0.15) is 0 Å². The lowest BCUT2D eigenvalue weighted by Gasteiger charge is -2.13. The van der Waals surface area contributed by atoms with Gasteiger partial charge in [0.15, 0.2) is 11.6 Å². The average molecular weight is 345 g/mol. The Morgan fingerprint density at radius 3 is 2.79 bits per heavy atom. The van der Waals surface area contributed by atoms with Crippen LogP contribution in [-0.4, -0.2) is 6.54 Å². The van der Waals surface area contributed by atoms with E-state index in [1.54, 1.807) is 18.2 Å². The fourth-order valence-corrected chi connectivity index (χ4v) is 2.26. The normalized spacial score (nSPS) is 10.5. The van der Waals surface area contributed by atoms with E-state index in [1.165, 1.54) is 6.07 Å². The second-order valence-corrected chi connectivity index (χ2v) is 5.27. The maximum absolute atomic E-state index is 13.7. The van der Waals surface area contributed by atoms with E-state index < -0.39 is 5.82 Å². The lowest BCUT2D eigenvalue weighted by molar-refractivity contribution is 0.437. The number of rotatable bonds is 4. The molecule has 5 heteroatoms. The van der Waals surface area contributed by atoms with E-state index in [4.69, 9.17) is 22.1 Å². The fraction of sp³-hybridized carbons (Fsp3) is 0.143. The SMILES string of the molecule is NCCc1cccc(Cl)c1Oc1cc(Br)ccc1F. The molecule has 19 heavy (non-hydrogen) atoms. The number of ether oxygens (including phenoxy) is 1. The maximum atomic E-state index is 13.7. The quantitative estimate of drug-likeness (QED) is 0.884. The summed E-state index contributed by atoms with van der Waals surface area (Å²) in [4.78, 5) is 0. The maximum Gasteiger partial charge on any atom is 0.165 e. The molecular formula is C14H12BrClFNO. The van der Waals surface area contributed by atoms with Gasteiger partial charge in [-0.1, -0.05) is 39.7 Å². The molecule has 0 amide bonds. The van der Waals surface area contributed by atoms with Crippen LogP contribution in [-0.2, 0) is 6.42 Å². The molecule has 2 aromatic carbocycles. The molecule has 0 unspecified atom stereocenters. The van der Waals surface area contributed by atoms with Crippen molar-refractivity contribution >= 4 is 27.5 Å². The third-order valence-electron chi connectivity index (χ3n) is 2.57. The Kier molecular flexibility index (Phi) is 4.80. The van der Waals surface area contributed by atoms with Crippen molar-refractivity contribution in [1.29, 1.82) is 0 Å². The van der Waals surface area contributed by atoms with Gasteiger partial charge in [-0.05, 0) is 42.8 Å². The monoisotopic (exact) mass is 343 g/mol. The molecule has 0 aliphatic carbocycles. The van der Waals surface area contributed by atoms with Crippen molar-refractivity contribution in [3.8, 4) is 11.5 Å². The Balaban J connectivity index is 2.39. The molecule has 0 saturated carbocycles. The highest BCUT2D eigenvalue weighted by Gasteiger charge is 2.12. The lowest BCUT2D eigenvalue weighted by atomic mass is 10.1. The summed E-state index contributed by atoms with van der Waals surface area (Å²) < 4.78 is 20.0. The number of benzene rings is 2. The van der Waals surface area contributed by atoms with Crippen molar-refractivity contribution in [1.82, 2.24) is 0 Å². The van der Waals surface area contributed by atoms with E-state index in [-0.39, 0.29) is 5.75 Å². The van der Waals surface area contributed by atoms with E-state index in [2.05, 4.69) is 15.9 Å². The largest absolute Gasteiger partial charge is 0.452 e. The van der Waals surface area contributed by atoms with Gasteiger partial charge in [-0.25, -0.2) is 4.39 Å². The van der Waals surface area contributed by atoms with Gasteiger partial charge in [-0.3, -0.25) is 0 Å². The zero-order chi connectivity index (χ0) is 13.8. The summed E-state index contributed by atoms with van der Waals surface area (Å²) in [5.41, 5.74) is 6.40. The van der Waals surface area contributed by atoms with Crippen LogP contribution in [0.4, 0.5) is 4.39 Å². The predicted molar refractivity (Wildman–Crippen MR) is 78.4 cm³/mol. The average Bonchev–Trinajstić information content (AvgIpc) is 2.38. The van der Waals surface area contributed by atoms with Gasteiger partial charge < -0.3 is 10.5 Å². The van der Waals surface area contributed by atoms with Gasteiger partial charge in [0, 0.05) is 4.47 Å². The van der Waals surface area contributed by atoms with Crippen LogP contribution in [0.15, 0.2) is 40.9 Å². The first kappa shape index (κ1) is 14.3. The van der Waals surface area contributed by atoms with Crippen molar-refractivity contribution in [3.05, 3.63) is 57.3 Å². The van der Waals surface area contributed by atoms with Gasteiger partial charge >= 0.3 is 0 Å². The molecular weight excluding hydrogens is 333 g/mol. The highest BCUT2D eigenvalue weighted by molar-refractivity contribution is 9.10. The Labute approximate surface area is 124 Å². The molecule has 0 fully saturated rings. The molecule has 0 radical (unpaired) electrons. The van der Waals surface area contributed by atoms with Crippen LogP contribution in [0.5, 0.6) is 11.5 Å². The molecule has 2 nitrogen and oxygen atoms in total. The number of para-hydroxylation sites is 1. The summed E-state index contributed by atoms with van der Waals surface area (Å²) in [7, 11) is 0. The molecule has 2 N–H and O–H groups in total. The molecule has 2 rings (SSSR count). The van der Waals surface area contributed by atoms with Crippen molar-refractivity contribution in [2.75, 3.05) is 6.54 Å². The Hall–Kier alpha value is -1.10. The van der Waals surface area contributed by atoms with Gasteiger partial charge in [-0.15, -0.1) is 0 Å². The molecule has 0 spiro atoms. The fourth-order valence-electron chi connectivity index (χ4n) is 1.69. The van der Waals surface area contributed by atoms with Crippen molar-refractivity contribution in [3.63, 3.8) is 0 Å². The highest BCUT2D eigenvalue weighted by Crippen LogP contribution is 2.35. The van der Waals surface area contributed by atoms with Crippen molar-refractivity contribution in [2.24, 2.45) is 5.73 Å². The van der Waals surface area contributed by atoms with Gasteiger partial charge in [0.25, 0.3) is 0 Å². The first-order valence-corrected chi connectivity index (χ1v) is 6.89. The van der Waals surface area contributed by atoms with E-state index in [0.29, 0.717) is 23.7 Å². The first-order valence-electron chi connectivity index (χ1n) is 5.72. The molecule has 0 aromatic heterocycles. The minimum atomic E-state index is -0.443. The molecule has 2 aromatic rings. The molecule has 0 aliphatic rings. The summed E-state index contributed by atoms with van der Waals surface area (Å²) in [5, 5.41) is 0.435. The zero-order valence-corrected chi connectivity index (χ0v) is 12.3. The summed E-state index contributed by atoms with van der Waals surface area (Å²) in [5.74, 6) is 0.134. The van der Waals surface area contributed by atoms with Gasteiger partial charge in [0.05, 0.1) is 5.02 Å². The summed E-state index contributed by atoms with van der Waals surface area (Å²) in [6, 6.07) is 9.88. The lowest BCUT2D eigenvalue weighted by Crippen LogP contribution is -2.04. The van der Waals surface area contributed by atoms with Crippen LogP contribution in [0.1, 0.15) is 5.56 Å². The second kappa shape index (κ2) is 6.37. The molecule has 0 atom stereocenters. The predicted octanol–water partition coefficient (Wildman–Crippen LogP) is 4.54. The van der Waals surface area contributed by atoms with E-state index in [0.717, 1.165) is 10.0 Å². The van der Waals surface area contributed by atoms with E-state index in [1.807, 2.05) is 12.1 Å². The van der Waals surface area contributed by atoms with E-state index in [9.17, 15) is 4.39 Å². The topological polar surface area (TPSA) is 35.2 Å². The first-order chi connectivity index (χ1) is 9.11. The van der Waals surface area contributed by atoms with Crippen molar-refractivity contribution < 1.29 is 9.13 Å². The Morgan fingerprint density at radius 2 is 2.05 bits per heavy atom. The third kappa shape index (κ3) is 3.47. The number of halogens is 3. The van der Waals surface area contributed by atoms with Crippen LogP contribution >= 0.6 is 27.5 Å². The van der Waals surface area contributed by atoms with Crippen LogP contribution in [0.25, 0.3) is 0 Å². The molecule has 100 valence electrons. The van der Waals surface area contributed by atoms with Crippen LogP contribution in [0.3, 0.4) is 0 Å².